The number of anilines is 2. The number of alkyl halides is 6. The van der Waals surface area contributed by atoms with E-state index in [9.17, 15) is 57.9 Å². The van der Waals surface area contributed by atoms with Crippen molar-refractivity contribution < 1.29 is 57.9 Å². The molecule has 2 unspecified atom stereocenters. The number of nitrogens with zero attached hydrogens (tertiary/aromatic N) is 3. The Kier molecular flexibility index (Phi) is 12.5. The Morgan fingerprint density at radius 2 is 1.05 bits per heavy atom. The molecule has 5 rings (SSSR count). The fraction of sp³-hybridized carbons (Fsp3) is 0.139. The molecule has 0 fully saturated rings. The molecule has 0 radical (unpaired) electrons. The number of hydrogen-bond donors (Lipinski definition) is 2. The number of benzene rings is 4. The van der Waals surface area contributed by atoms with Crippen molar-refractivity contribution in [2.75, 3.05) is 8.61 Å². The minimum absolute atomic E-state index is 0.102. The van der Waals surface area contributed by atoms with Crippen molar-refractivity contribution in [3.63, 3.8) is 0 Å². The zero-order valence-electron chi connectivity index (χ0n) is 28.5. The number of amides is 1. The van der Waals surface area contributed by atoms with E-state index in [4.69, 9.17) is 23.2 Å². The molecule has 300 valence electrons. The van der Waals surface area contributed by atoms with Crippen LogP contribution >= 0.6 is 23.2 Å². The molecule has 0 aliphatic carbocycles. The lowest BCUT2D eigenvalue weighted by Gasteiger charge is -2.40. The van der Waals surface area contributed by atoms with Crippen LogP contribution in [-0.2, 0) is 48.5 Å². The van der Waals surface area contributed by atoms with Crippen molar-refractivity contribution in [3.05, 3.63) is 148 Å². The molecule has 57 heavy (non-hydrogen) atoms. The van der Waals surface area contributed by atoms with Crippen LogP contribution in [0.5, 0.6) is 0 Å². The Labute approximate surface area is 331 Å². The molecule has 0 saturated heterocycles. The lowest BCUT2D eigenvalue weighted by atomic mass is 10.0. The molecule has 0 spiro atoms. The highest BCUT2D eigenvalue weighted by atomic mass is 35.5. The predicted octanol–water partition coefficient (Wildman–Crippen LogP) is 7.66. The topological polar surface area (TPSA) is 154 Å². The fourth-order valence-corrected chi connectivity index (χ4v) is 9.33. The van der Waals surface area contributed by atoms with Crippen LogP contribution in [0.3, 0.4) is 0 Å². The SMILES string of the molecule is O=C(O)C(C(C(=O)NCc1ccncc1)N(c1cc(C(F)(F)F)ccc1Cl)S(=O)(=O)c1ccccc1)N(c1cc(C(F)(F)F)ccc1Cl)S(=O)(=O)c1ccccc1. The van der Waals surface area contributed by atoms with Crippen LogP contribution in [0.25, 0.3) is 0 Å². The molecule has 21 heteroatoms. The summed E-state index contributed by atoms with van der Waals surface area (Å²) < 4.78 is 144. The van der Waals surface area contributed by atoms with Crippen molar-refractivity contribution in [3.8, 4) is 0 Å². The van der Waals surface area contributed by atoms with Gasteiger partial charge in [0, 0.05) is 18.9 Å². The first kappa shape index (κ1) is 42.8. The molecule has 0 aliphatic rings. The number of nitrogens with one attached hydrogen (secondary N) is 1. The zero-order chi connectivity index (χ0) is 41.9. The van der Waals surface area contributed by atoms with E-state index in [1.165, 1.54) is 60.9 Å². The second-order valence-corrected chi connectivity index (χ2v) is 16.3. The van der Waals surface area contributed by atoms with Gasteiger partial charge in [-0.05, 0) is 78.4 Å². The average Bonchev–Trinajstić information content (AvgIpc) is 3.16. The molecule has 5 aromatic rings. The van der Waals surface area contributed by atoms with E-state index < -0.39 is 105 Å². The number of aromatic nitrogens is 1. The Morgan fingerprint density at radius 3 is 1.44 bits per heavy atom. The van der Waals surface area contributed by atoms with Crippen LogP contribution in [0, 0.1) is 0 Å². The van der Waals surface area contributed by atoms with Crippen molar-refractivity contribution in [1.82, 2.24) is 10.3 Å². The van der Waals surface area contributed by atoms with Crippen molar-refractivity contribution in [1.29, 1.82) is 0 Å². The first-order valence-corrected chi connectivity index (χ1v) is 19.6. The first-order valence-electron chi connectivity index (χ1n) is 16.0. The largest absolute Gasteiger partial charge is 0.480 e. The zero-order valence-corrected chi connectivity index (χ0v) is 31.6. The second-order valence-electron chi connectivity index (χ2n) is 11.9. The van der Waals surface area contributed by atoms with Gasteiger partial charge in [-0.25, -0.2) is 30.2 Å². The molecule has 11 nitrogen and oxygen atoms in total. The second kappa shape index (κ2) is 16.6. The van der Waals surface area contributed by atoms with Gasteiger partial charge < -0.3 is 10.4 Å². The van der Waals surface area contributed by atoms with Crippen LogP contribution < -0.4 is 13.9 Å². The third-order valence-corrected chi connectivity index (χ3v) is 12.4. The van der Waals surface area contributed by atoms with Crippen LogP contribution in [0.15, 0.2) is 131 Å². The summed E-state index contributed by atoms with van der Waals surface area (Å²) in [6, 6.07) is 10.2. The van der Waals surface area contributed by atoms with Crippen molar-refractivity contribution in [2.24, 2.45) is 0 Å². The summed E-state index contributed by atoms with van der Waals surface area (Å²) in [4.78, 5) is 30.7. The summed E-state index contributed by atoms with van der Waals surface area (Å²) in [6.45, 7) is -0.532. The molecule has 1 heterocycles. The predicted molar refractivity (Wildman–Crippen MR) is 196 cm³/mol. The molecule has 4 aromatic carbocycles. The van der Waals surface area contributed by atoms with Gasteiger partial charge in [0.05, 0.1) is 42.3 Å². The number of hydrogen-bond acceptors (Lipinski definition) is 7. The minimum Gasteiger partial charge on any atom is -0.480 e. The van der Waals surface area contributed by atoms with Crippen molar-refractivity contribution >= 4 is 66.5 Å². The number of pyridine rings is 1. The molecule has 1 amide bonds. The normalized spacial score (nSPS) is 13.3. The van der Waals surface area contributed by atoms with E-state index in [0.717, 1.165) is 24.3 Å². The van der Waals surface area contributed by atoms with Gasteiger partial charge in [-0.3, -0.25) is 9.78 Å². The maximum Gasteiger partial charge on any atom is 0.416 e. The van der Waals surface area contributed by atoms with Gasteiger partial charge in [0.25, 0.3) is 20.0 Å². The van der Waals surface area contributed by atoms with Gasteiger partial charge in [-0.15, -0.1) is 0 Å². The summed E-state index contributed by atoms with van der Waals surface area (Å²) >= 11 is 12.7. The van der Waals surface area contributed by atoms with Gasteiger partial charge in [0.15, 0.2) is 12.1 Å². The number of halogens is 8. The summed E-state index contributed by atoms with van der Waals surface area (Å²) in [5.41, 5.74) is -5.16. The highest BCUT2D eigenvalue weighted by Crippen LogP contribution is 2.43. The maximum atomic E-state index is 14.8. The molecule has 0 aliphatic heterocycles. The minimum atomic E-state index is -5.52. The number of carbonyl (C=O) groups is 2. The maximum absolute atomic E-state index is 14.8. The fourth-order valence-electron chi connectivity index (χ4n) is 5.52. The number of aliphatic carboxylic acids is 1. The number of carbonyl (C=O) groups excluding carboxylic acids is 1. The summed E-state index contributed by atoms with van der Waals surface area (Å²) in [5, 5.41) is 11.7. The van der Waals surface area contributed by atoms with Crippen LogP contribution in [0.1, 0.15) is 16.7 Å². The number of sulfonamides is 2. The quantitative estimate of drug-likeness (QED) is 0.114. The molecular formula is C36H26Cl2F6N4O7S2. The first-order chi connectivity index (χ1) is 26.7. The van der Waals surface area contributed by atoms with Gasteiger partial charge in [0.1, 0.15) is 0 Å². The Hall–Kier alpha value is -5.37. The Morgan fingerprint density at radius 1 is 0.649 bits per heavy atom. The summed E-state index contributed by atoms with van der Waals surface area (Å²) in [7, 11) is -11.0. The molecule has 2 N–H and O–H groups in total. The van der Waals surface area contributed by atoms with E-state index in [1.807, 2.05) is 0 Å². The van der Waals surface area contributed by atoms with Crippen LogP contribution in [0.4, 0.5) is 37.7 Å². The number of carboxylic acid groups (broad SMARTS) is 1. The Bertz CT molecular complexity index is 2480. The smallest absolute Gasteiger partial charge is 0.416 e. The lowest BCUT2D eigenvalue weighted by molar-refractivity contribution is -0.141. The highest BCUT2D eigenvalue weighted by molar-refractivity contribution is 7.93. The molecule has 0 bridgehead atoms. The van der Waals surface area contributed by atoms with Crippen LogP contribution in [-0.4, -0.2) is 50.9 Å². The average molecular weight is 876 g/mol. The molecule has 0 saturated carbocycles. The molecular weight excluding hydrogens is 849 g/mol. The third kappa shape index (κ3) is 9.27. The standard InChI is InChI=1S/C36H26Cl2F6N4O7S2/c37-27-13-11-23(35(39,40)41)19-29(27)47(56(52,53)25-7-3-1-4-8-25)31(33(49)46-21-22-15-17-45-18-16-22)32(34(50)51)48(57(54,55)26-9-5-2-6-10-26)30-20-24(36(42,43)44)12-14-28(30)38/h1-20,31-32H,21H2,(H,46,49)(H,50,51). The van der Waals surface area contributed by atoms with E-state index in [-0.39, 0.29) is 26.3 Å². The van der Waals surface area contributed by atoms with Crippen molar-refractivity contribution in [2.45, 2.75) is 40.8 Å². The van der Waals surface area contributed by atoms with Gasteiger partial charge in [-0.1, -0.05) is 59.6 Å². The van der Waals surface area contributed by atoms with Crippen LogP contribution in [0.2, 0.25) is 10.0 Å². The number of carboxylic acids is 1. The lowest BCUT2D eigenvalue weighted by Crippen LogP contribution is -2.64. The van der Waals surface area contributed by atoms with Gasteiger partial charge >= 0.3 is 18.3 Å². The molecule has 1 aromatic heterocycles. The monoisotopic (exact) mass is 874 g/mol. The molecule has 2 atom stereocenters. The van der Waals surface area contributed by atoms with Gasteiger partial charge in [0.2, 0.25) is 5.91 Å². The van der Waals surface area contributed by atoms with E-state index >= 15 is 0 Å². The summed E-state index contributed by atoms with van der Waals surface area (Å²) in [5.74, 6) is -4.01. The third-order valence-electron chi connectivity index (χ3n) is 8.16. The summed E-state index contributed by atoms with van der Waals surface area (Å²) in [6.07, 6.45) is -7.81. The van der Waals surface area contributed by atoms with E-state index in [1.54, 1.807) is 0 Å². The van der Waals surface area contributed by atoms with Gasteiger partial charge in [-0.2, -0.15) is 26.3 Å². The Balaban J connectivity index is 1.94. The van der Waals surface area contributed by atoms with E-state index in [0.29, 0.717) is 24.3 Å². The highest BCUT2D eigenvalue weighted by Gasteiger charge is 2.52. The van der Waals surface area contributed by atoms with E-state index in [2.05, 4.69) is 10.3 Å². The number of rotatable bonds is 13.